The Bertz CT molecular complexity index is 819. The molecule has 1 rings (SSSR count). The molecule has 0 saturated heterocycles. The average molecular weight is 489 g/mol. The molecule has 31 heavy (non-hydrogen) atoms. The smallest absolute Gasteiger partial charge is 0.297 e. The molecular formula is C23H44O5SSi2. The summed E-state index contributed by atoms with van der Waals surface area (Å²) in [7, 11) is -8.12. The Morgan fingerprint density at radius 3 is 1.68 bits per heavy atom. The van der Waals surface area contributed by atoms with Crippen LogP contribution >= 0.6 is 0 Å². The monoisotopic (exact) mass is 488 g/mol. The van der Waals surface area contributed by atoms with Crippen LogP contribution in [0.1, 0.15) is 54.0 Å². The van der Waals surface area contributed by atoms with Crippen LogP contribution in [0, 0.1) is 6.92 Å². The van der Waals surface area contributed by atoms with E-state index in [-0.39, 0.29) is 27.7 Å². The molecule has 0 saturated carbocycles. The summed E-state index contributed by atoms with van der Waals surface area (Å²) in [6, 6.07) is 6.68. The second kappa shape index (κ2) is 9.77. The Morgan fingerprint density at radius 1 is 0.839 bits per heavy atom. The van der Waals surface area contributed by atoms with Gasteiger partial charge in [-0.1, -0.05) is 59.2 Å². The van der Waals surface area contributed by atoms with Crippen LogP contribution in [0.25, 0.3) is 0 Å². The maximum atomic E-state index is 12.8. The van der Waals surface area contributed by atoms with Crippen LogP contribution < -0.4 is 0 Å². The Kier molecular flexibility index (Phi) is 8.99. The standard InChI is InChI=1S/C23H44O5SSi2/c1-18-13-15-20(16-14-18)29(24,25)26-17-21(28-31(11,12)23(6,7)8)19(2)27-30(9,10)22(3,4)5/h13-16,19,21H,17H2,1-12H3/t19-,21-/m1/s1. The van der Waals surface area contributed by atoms with Crippen molar-refractivity contribution in [3.05, 3.63) is 29.8 Å². The molecule has 0 spiro atoms. The number of hydrogen-bond donors (Lipinski definition) is 0. The van der Waals surface area contributed by atoms with Crippen molar-refractivity contribution in [1.29, 1.82) is 0 Å². The fraction of sp³-hybridized carbons (Fsp3) is 0.739. The highest BCUT2D eigenvalue weighted by atomic mass is 32.2. The van der Waals surface area contributed by atoms with Crippen molar-refractivity contribution in [2.24, 2.45) is 0 Å². The normalized spacial score (nSPS) is 16.3. The third-order valence-electron chi connectivity index (χ3n) is 6.76. The zero-order chi connectivity index (χ0) is 24.5. The summed E-state index contributed by atoms with van der Waals surface area (Å²) in [5, 5.41) is 0.0232. The van der Waals surface area contributed by atoms with E-state index in [1.807, 2.05) is 13.8 Å². The van der Waals surface area contributed by atoms with E-state index in [4.69, 9.17) is 13.0 Å². The van der Waals surface area contributed by atoms with Crippen molar-refractivity contribution in [2.75, 3.05) is 6.61 Å². The molecule has 0 aromatic heterocycles. The number of hydrogen-bond acceptors (Lipinski definition) is 5. The van der Waals surface area contributed by atoms with E-state index >= 15 is 0 Å². The van der Waals surface area contributed by atoms with Crippen LogP contribution in [0.3, 0.4) is 0 Å². The molecule has 2 atom stereocenters. The van der Waals surface area contributed by atoms with Crippen molar-refractivity contribution in [2.45, 2.75) is 109 Å². The number of aryl methyl sites for hydroxylation is 1. The molecule has 0 aliphatic carbocycles. The molecule has 0 fully saturated rings. The van der Waals surface area contributed by atoms with Crippen molar-refractivity contribution in [3.63, 3.8) is 0 Å². The first-order chi connectivity index (χ1) is 13.7. The minimum atomic E-state index is -3.88. The largest absolute Gasteiger partial charge is 0.412 e. The highest BCUT2D eigenvalue weighted by Crippen LogP contribution is 2.40. The molecule has 0 heterocycles. The van der Waals surface area contributed by atoms with Gasteiger partial charge in [0.1, 0.15) is 0 Å². The van der Waals surface area contributed by atoms with E-state index in [0.29, 0.717) is 0 Å². The molecule has 0 aliphatic heterocycles. The van der Waals surface area contributed by atoms with Gasteiger partial charge in [0.15, 0.2) is 16.6 Å². The van der Waals surface area contributed by atoms with Gasteiger partial charge in [0, 0.05) is 0 Å². The number of rotatable bonds is 9. The van der Waals surface area contributed by atoms with E-state index in [1.54, 1.807) is 24.3 Å². The van der Waals surface area contributed by atoms with Crippen LogP contribution in [0.5, 0.6) is 0 Å². The van der Waals surface area contributed by atoms with E-state index in [9.17, 15) is 8.42 Å². The van der Waals surface area contributed by atoms with E-state index in [0.717, 1.165) is 5.56 Å². The third-order valence-corrected chi connectivity index (χ3v) is 17.1. The minimum absolute atomic E-state index is 0.0161. The first-order valence-corrected chi connectivity index (χ1v) is 18.2. The maximum absolute atomic E-state index is 12.8. The van der Waals surface area contributed by atoms with Crippen molar-refractivity contribution in [1.82, 2.24) is 0 Å². The highest BCUT2D eigenvalue weighted by molar-refractivity contribution is 7.86. The van der Waals surface area contributed by atoms with Gasteiger partial charge in [-0.25, -0.2) is 0 Å². The summed E-state index contributed by atoms with van der Waals surface area (Å²) >= 11 is 0. The van der Waals surface area contributed by atoms with E-state index in [1.165, 1.54) is 0 Å². The first kappa shape index (κ1) is 28.5. The van der Waals surface area contributed by atoms with Gasteiger partial charge >= 0.3 is 0 Å². The first-order valence-electron chi connectivity index (χ1n) is 11.0. The molecule has 0 amide bonds. The van der Waals surface area contributed by atoms with E-state index < -0.39 is 32.9 Å². The second-order valence-corrected chi connectivity index (χ2v) is 22.7. The summed E-state index contributed by atoms with van der Waals surface area (Å²) in [6.45, 7) is 25.6. The molecule has 0 radical (unpaired) electrons. The quantitative estimate of drug-likeness (QED) is 0.293. The van der Waals surface area contributed by atoms with Gasteiger partial charge in [-0.15, -0.1) is 0 Å². The minimum Gasteiger partial charge on any atom is -0.412 e. The fourth-order valence-corrected chi connectivity index (χ4v) is 6.19. The van der Waals surface area contributed by atoms with Crippen molar-refractivity contribution < 1.29 is 21.5 Å². The van der Waals surface area contributed by atoms with Gasteiger partial charge in [-0.05, 0) is 62.2 Å². The Balaban J connectivity index is 3.14. The van der Waals surface area contributed by atoms with Crippen LogP contribution in [0.2, 0.25) is 36.3 Å². The molecule has 0 aliphatic rings. The predicted octanol–water partition coefficient (Wildman–Crippen LogP) is 6.50. The van der Waals surface area contributed by atoms with E-state index in [2.05, 4.69) is 67.7 Å². The molecule has 8 heteroatoms. The van der Waals surface area contributed by atoms with Gasteiger partial charge in [0.2, 0.25) is 0 Å². The lowest BCUT2D eigenvalue weighted by molar-refractivity contribution is 0.0181. The van der Waals surface area contributed by atoms with Crippen LogP contribution in [0.15, 0.2) is 29.2 Å². The van der Waals surface area contributed by atoms with Crippen LogP contribution in [-0.4, -0.2) is 43.9 Å². The zero-order valence-electron chi connectivity index (χ0n) is 21.6. The lowest BCUT2D eigenvalue weighted by Gasteiger charge is -2.44. The third kappa shape index (κ3) is 7.79. The SMILES string of the molecule is Cc1ccc(S(=O)(=O)OC[C@@H](O[Si](C)(C)C(C)(C)C)[C@@H](C)O[Si](C)(C)C(C)(C)C)cc1. The maximum Gasteiger partial charge on any atom is 0.297 e. The van der Waals surface area contributed by atoms with Crippen LogP contribution in [-0.2, 0) is 23.2 Å². The highest BCUT2D eigenvalue weighted by Gasteiger charge is 2.44. The lowest BCUT2D eigenvalue weighted by atomic mass is 10.2. The van der Waals surface area contributed by atoms with Gasteiger partial charge in [-0.2, -0.15) is 8.42 Å². The summed E-state index contributed by atoms with van der Waals surface area (Å²) < 4.78 is 44.3. The molecule has 5 nitrogen and oxygen atoms in total. The van der Waals surface area contributed by atoms with Crippen molar-refractivity contribution >= 4 is 26.8 Å². The zero-order valence-corrected chi connectivity index (χ0v) is 24.4. The Hall–Kier alpha value is -0.516. The average Bonchev–Trinajstić information content (AvgIpc) is 2.56. The molecule has 1 aromatic rings. The Labute approximate surface area is 193 Å². The molecule has 0 unspecified atom stereocenters. The summed E-state index contributed by atoms with van der Waals surface area (Å²) in [5.74, 6) is 0. The summed E-state index contributed by atoms with van der Waals surface area (Å²) in [4.78, 5) is 0.155. The van der Waals surface area contributed by atoms with Crippen LogP contribution in [0.4, 0.5) is 0 Å². The van der Waals surface area contributed by atoms with Crippen molar-refractivity contribution in [3.8, 4) is 0 Å². The molecule has 0 bridgehead atoms. The topological polar surface area (TPSA) is 61.8 Å². The molecule has 180 valence electrons. The Morgan fingerprint density at radius 2 is 1.26 bits per heavy atom. The summed E-state index contributed by atoms with van der Waals surface area (Å²) in [5.41, 5.74) is 0.995. The molecule has 1 aromatic carbocycles. The second-order valence-electron chi connectivity index (χ2n) is 11.6. The predicted molar refractivity (Wildman–Crippen MR) is 134 cm³/mol. The fourth-order valence-electron chi connectivity index (χ4n) is 2.47. The van der Waals surface area contributed by atoms with Gasteiger partial charge in [0.25, 0.3) is 10.1 Å². The number of benzene rings is 1. The van der Waals surface area contributed by atoms with Gasteiger partial charge in [-0.3, -0.25) is 4.18 Å². The molecule has 0 N–H and O–H groups in total. The van der Waals surface area contributed by atoms with Gasteiger partial charge in [0.05, 0.1) is 23.7 Å². The lowest BCUT2D eigenvalue weighted by Crippen LogP contribution is -2.52. The molecular weight excluding hydrogens is 444 g/mol. The summed E-state index contributed by atoms with van der Waals surface area (Å²) in [6.07, 6.45) is -0.765. The van der Waals surface area contributed by atoms with Gasteiger partial charge < -0.3 is 8.85 Å².